The van der Waals surface area contributed by atoms with E-state index in [0.717, 1.165) is 30.9 Å². The van der Waals surface area contributed by atoms with E-state index in [2.05, 4.69) is 37.8 Å². The minimum atomic E-state index is 0.299. The average Bonchev–Trinajstić information content (AvgIpc) is 2.59. The molecule has 0 aliphatic carbocycles. The first-order valence-corrected chi connectivity index (χ1v) is 6.58. The first-order valence-electron chi connectivity index (χ1n) is 6.58. The third-order valence-electron chi connectivity index (χ3n) is 3.07. The number of rotatable bonds is 6. The minimum absolute atomic E-state index is 0.299. The Morgan fingerprint density at radius 2 is 1.82 bits per heavy atom. The van der Waals surface area contributed by atoms with E-state index in [-0.39, 0.29) is 0 Å². The zero-order chi connectivity index (χ0) is 13.0. The number of aromatic nitrogens is 3. The van der Waals surface area contributed by atoms with Crippen LogP contribution in [0.1, 0.15) is 70.4 Å². The van der Waals surface area contributed by atoms with Crippen molar-refractivity contribution >= 4 is 0 Å². The van der Waals surface area contributed by atoms with E-state index in [1.165, 1.54) is 0 Å². The van der Waals surface area contributed by atoms with Crippen LogP contribution in [0.25, 0.3) is 0 Å². The van der Waals surface area contributed by atoms with Crippen molar-refractivity contribution < 1.29 is 0 Å². The molecule has 0 spiro atoms. The van der Waals surface area contributed by atoms with Crippen molar-refractivity contribution in [1.29, 1.82) is 0 Å². The van der Waals surface area contributed by atoms with E-state index in [1.54, 1.807) is 0 Å². The monoisotopic (exact) mass is 238 g/mol. The van der Waals surface area contributed by atoms with Gasteiger partial charge in [0, 0.05) is 24.9 Å². The van der Waals surface area contributed by atoms with Gasteiger partial charge >= 0.3 is 0 Å². The summed E-state index contributed by atoms with van der Waals surface area (Å²) in [5.74, 6) is 2.89. The lowest BCUT2D eigenvalue weighted by atomic mass is 10.0. The first kappa shape index (κ1) is 14.2. The second-order valence-corrected chi connectivity index (χ2v) is 5.42. The van der Waals surface area contributed by atoms with Crippen LogP contribution in [0, 0.1) is 0 Å². The molecule has 2 N–H and O–H groups in total. The molecule has 98 valence electrons. The molecule has 0 aliphatic heterocycles. The average molecular weight is 238 g/mol. The van der Waals surface area contributed by atoms with Gasteiger partial charge < -0.3 is 5.73 Å². The number of nitrogens with zero attached hydrogens (tertiary/aromatic N) is 3. The summed E-state index contributed by atoms with van der Waals surface area (Å²) in [5.41, 5.74) is 5.76. The highest BCUT2D eigenvalue weighted by molar-refractivity contribution is 5.01. The summed E-state index contributed by atoms with van der Waals surface area (Å²) < 4.78 is 1.92. The SMILES string of the molecule is CC(N)CCCC(C)c1nc(C(C)C)nn1C. The molecule has 1 heterocycles. The summed E-state index contributed by atoms with van der Waals surface area (Å²) in [7, 11) is 1.98. The Kier molecular flexibility index (Phi) is 5.12. The third kappa shape index (κ3) is 4.11. The Bertz CT molecular complexity index is 341. The molecule has 0 radical (unpaired) electrons. The Morgan fingerprint density at radius 1 is 1.18 bits per heavy atom. The molecule has 17 heavy (non-hydrogen) atoms. The number of hydrogen-bond donors (Lipinski definition) is 1. The van der Waals surface area contributed by atoms with E-state index < -0.39 is 0 Å². The van der Waals surface area contributed by atoms with E-state index in [1.807, 2.05) is 11.7 Å². The molecule has 0 bridgehead atoms. The quantitative estimate of drug-likeness (QED) is 0.828. The molecule has 1 rings (SSSR count). The zero-order valence-corrected chi connectivity index (χ0v) is 11.8. The summed E-state index contributed by atoms with van der Waals surface area (Å²) >= 11 is 0. The molecule has 1 aromatic rings. The normalized spacial score (nSPS) is 15.2. The van der Waals surface area contributed by atoms with Gasteiger partial charge in [0.05, 0.1) is 0 Å². The van der Waals surface area contributed by atoms with Crippen molar-refractivity contribution in [3.63, 3.8) is 0 Å². The summed E-state index contributed by atoms with van der Waals surface area (Å²) in [6.07, 6.45) is 3.37. The van der Waals surface area contributed by atoms with Gasteiger partial charge in [0.1, 0.15) is 5.82 Å². The smallest absolute Gasteiger partial charge is 0.153 e. The van der Waals surface area contributed by atoms with Gasteiger partial charge in [-0.25, -0.2) is 4.98 Å². The fourth-order valence-electron chi connectivity index (χ4n) is 1.97. The molecule has 2 unspecified atom stereocenters. The van der Waals surface area contributed by atoms with Crippen LogP contribution in [0.5, 0.6) is 0 Å². The van der Waals surface area contributed by atoms with Gasteiger partial charge in [-0.15, -0.1) is 0 Å². The Balaban J connectivity index is 2.59. The largest absolute Gasteiger partial charge is 0.328 e. The summed E-state index contributed by atoms with van der Waals surface area (Å²) in [4.78, 5) is 4.63. The van der Waals surface area contributed by atoms with Crippen LogP contribution < -0.4 is 5.73 Å². The lowest BCUT2D eigenvalue weighted by molar-refractivity contribution is 0.525. The predicted octanol–water partition coefficient (Wildman–Crippen LogP) is 2.56. The van der Waals surface area contributed by atoms with E-state index in [0.29, 0.717) is 17.9 Å². The van der Waals surface area contributed by atoms with Crippen molar-refractivity contribution in [2.75, 3.05) is 0 Å². The van der Waals surface area contributed by atoms with Gasteiger partial charge in [0.15, 0.2) is 5.82 Å². The minimum Gasteiger partial charge on any atom is -0.328 e. The second kappa shape index (κ2) is 6.15. The Morgan fingerprint density at radius 3 is 2.29 bits per heavy atom. The topological polar surface area (TPSA) is 56.7 Å². The standard InChI is InChI=1S/C13H26N4/c1-9(2)12-15-13(17(5)16-12)10(3)7-6-8-11(4)14/h9-11H,6-8,14H2,1-5H3. The second-order valence-electron chi connectivity index (χ2n) is 5.42. The lowest BCUT2D eigenvalue weighted by Crippen LogP contribution is -2.14. The van der Waals surface area contributed by atoms with Gasteiger partial charge in [-0.05, 0) is 19.8 Å². The van der Waals surface area contributed by atoms with E-state index >= 15 is 0 Å². The maximum Gasteiger partial charge on any atom is 0.153 e. The van der Waals surface area contributed by atoms with Crippen molar-refractivity contribution in [3.05, 3.63) is 11.6 Å². The molecule has 0 aliphatic rings. The molecular weight excluding hydrogens is 212 g/mol. The van der Waals surface area contributed by atoms with E-state index in [4.69, 9.17) is 5.73 Å². The molecule has 0 saturated carbocycles. The molecule has 2 atom stereocenters. The molecule has 4 heteroatoms. The summed E-state index contributed by atoms with van der Waals surface area (Å²) in [6.45, 7) is 8.53. The van der Waals surface area contributed by atoms with Crippen molar-refractivity contribution in [2.24, 2.45) is 12.8 Å². The van der Waals surface area contributed by atoms with Gasteiger partial charge in [-0.2, -0.15) is 5.10 Å². The highest BCUT2D eigenvalue weighted by atomic mass is 15.3. The maximum absolute atomic E-state index is 5.76. The van der Waals surface area contributed by atoms with Crippen LogP contribution in [0.3, 0.4) is 0 Å². The Hall–Kier alpha value is -0.900. The predicted molar refractivity (Wildman–Crippen MR) is 71.0 cm³/mol. The fourth-order valence-corrected chi connectivity index (χ4v) is 1.97. The van der Waals surface area contributed by atoms with Crippen LogP contribution in [-0.2, 0) is 7.05 Å². The number of aryl methyl sites for hydroxylation is 1. The van der Waals surface area contributed by atoms with E-state index in [9.17, 15) is 0 Å². The van der Waals surface area contributed by atoms with Crippen molar-refractivity contribution in [2.45, 2.75) is 64.8 Å². The first-order chi connectivity index (χ1) is 7.91. The van der Waals surface area contributed by atoms with Crippen LogP contribution in [0.2, 0.25) is 0 Å². The summed E-state index contributed by atoms with van der Waals surface area (Å²) in [5, 5.41) is 4.46. The third-order valence-corrected chi connectivity index (χ3v) is 3.07. The highest BCUT2D eigenvalue weighted by Gasteiger charge is 2.15. The van der Waals surface area contributed by atoms with Crippen LogP contribution in [0.15, 0.2) is 0 Å². The van der Waals surface area contributed by atoms with Gasteiger partial charge in [-0.3, -0.25) is 4.68 Å². The lowest BCUT2D eigenvalue weighted by Gasteiger charge is -2.11. The molecule has 0 aromatic carbocycles. The Labute approximate surface area is 105 Å². The van der Waals surface area contributed by atoms with Crippen LogP contribution in [0.4, 0.5) is 0 Å². The molecular formula is C13H26N4. The molecule has 0 saturated heterocycles. The van der Waals surface area contributed by atoms with Gasteiger partial charge in [-0.1, -0.05) is 27.2 Å². The van der Waals surface area contributed by atoms with Gasteiger partial charge in [0.2, 0.25) is 0 Å². The fraction of sp³-hybridized carbons (Fsp3) is 0.846. The van der Waals surface area contributed by atoms with Crippen molar-refractivity contribution in [3.8, 4) is 0 Å². The van der Waals surface area contributed by atoms with Crippen molar-refractivity contribution in [1.82, 2.24) is 14.8 Å². The molecule has 1 aromatic heterocycles. The van der Waals surface area contributed by atoms with Gasteiger partial charge in [0.25, 0.3) is 0 Å². The summed E-state index contributed by atoms with van der Waals surface area (Å²) in [6, 6.07) is 0.299. The highest BCUT2D eigenvalue weighted by Crippen LogP contribution is 2.21. The number of nitrogens with two attached hydrogens (primary N) is 1. The molecule has 0 amide bonds. The molecule has 4 nitrogen and oxygen atoms in total. The molecule has 0 fully saturated rings. The maximum atomic E-state index is 5.76. The zero-order valence-electron chi connectivity index (χ0n) is 11.8. The van der Waals surface area contributed by atoms with Crippen LogP contribution in [-0.4, -0.2) is 20.8 Å². The number of hydrogen-bond acceptors (Lipinski definition) is 3. The van der Waals surface area contributed by atoms with Crippen LogP contribution >= 0.6 is 0 Å².